The second-order valence-corrected chi connectivity index (χ2v) is 3.84. The van der Waals surface area contributed by atoms with Gasteiger partial charge in [0.15, 0.2) is 11.5 Å². The van der Waals surface area contributed by atoms with Crippen molar-refractivity contribution in [3.8, 4) is 29.1 Å². The standard InChI is InChI=1S/C16H14O3/c1-18-15-10-13(14(17)11-16(15)19-2)9-8-12-6-4-3-5-7-12/h3-7,10-11,17H,1-2H3. The summed E-state index contributed by atoms with van der Waals surface area (Å²) < 4.78 is 10.3. The van der Waals surface area contributed by atoms with Gasteiger partial charge in [-0.25, -0.2) is 0 Å². The molecule has 19 heavy (non-hydrogen) atoms. The van der Waals surface area contributed by atoms with E-state index in [2.05, 4.69) is 11.8 Å². The van der Waals surface area contributed by atoms with E-state index in [1.165, 1.54) is 13.2 Å². The minimum atomic E-state index is 0.0704. The van der Waals surface area contributed by atoms with Crippen LogP contribution in [0.5, 0.6) is 17.2 Å². The van der Waals surface area contributed by atoms with Crippen molar-refractivity contribution in [1.29, 1.82) is 0 Å². The van der Waals surface area contributed by atoms with Crippen molar-refractivity contribution >= 4 is 0 Å². The fraction of sp³-hybridized carbons (Fsp3) is 0.125. The van der Waals surface area contributed by atoms with Crippen LogP contribution >= 0.6 is 0 Å². The Hall–Kier alpha value is -2.60. The summed E-state index contributed by atoms with van der Waals surface area (Å²) in [7, 11) is 3.07. The van der Waals surface area contributed by atoms with Gasteiger partial charge in [0, 0.05) is 17.7 Å². The highest BCUT2D eigenvalue weighted by Crippen LogP contribution is 2.33. The molecule has 3 heteroatoms. The molecule has 3 nitrogen and oxygen atoms in total. The van der Waals surface area contributed by atoms with E-state index in [-0.39, 0.29) is 5.75 Å². The molecule has 96 valence electrons. The third-order valence-corrected chi connectivity index (χ3v) is 2.62. The molecule has 0 aliphatic rings. The van der Waals surface area contributed by atoms with Crippen molar-refractivity contribution in [3.63, 3.8) is 0 Å². The maximum atomic E-state index is 9.88. The van der Waals surface area contributed by atoms with Gasteiger partial charge in [-0.15, -0.1) is 0 Å². The van der Waals surface area contributed by atoms with Crippen molar-refractivity contribution in [2.75, 3.05) is 14.2 Å². The van der Waals surface area contributed by atoms with Gasteiger partial charge in [-0.2, -0.15) is 0 Å². The zero-order valence-corrected chi connectivity index (χ0v) is 10.8. The van der Waals surface area contributed by atoms with Gasteiger partial charge in [0.05, 0.1) is 19.8 Å². The van der Waals surface area contributed by atoms with Crippen molar-refractivity contribution in [2.24, 2.45) is 0 Å². The number of phenols is 1. The Labute approximate surface area is 112 Å². The monoisotopic (exact) mass is 254 g/mol. The zero-order valence-electron chi connectivity index (χ0n) is 10.8. The first-order chi connectivity index (χ1) is 9.24. The van der Waals surface area contributed by atoms with Gasteiger partial charge in [-0.05, 0) is 12.1 Å². The lowest BCUT2D eigenvalue weighted by Crippen LogP contribution is -1.91. The lowest BCUT2D eigenvalue weighted by molar-refractivity contribution is 0.351. The lowest BCUT2D eigenvalue weighted by atomic mass is 10.1. The van der Waals surface area contributed by atoms with Crippen molar-refractivity contribution in [1.82, 2.24) is 0 Å². The number of phenolic OH excluding ortho intramolecular Hbond substituents is 1. The quantitative estimate of drug-likeness (QED) is 0.837. The summed E-state index contributed by atoms with van der Waals surface area (Å²) in [4.78, 5) is 0. The highest BCUT2D eigenvalue weighted by molar-refractivity contribution is 5.57. The SMILES string of the molecule is COc1cc(O)c(C#Cc2ccccc2)cc1OC. The normalized spacial score (nSPS) is 9.37. The molecule has 0 atom stereocenters. The Kier molecular flexibility index (Phi) is 3.94. The number of aromatic hydroxyl groups is 1. The van der Waals surface area contributed by atoms with Gasteiger partial charge >= 0.3 is 0 Å². The first-order valence-electron chi connectivity index (χ1n) is 5.76. The number of methoxy groups -OCH3 is 2. The van der Waals surface area contributed by atoms with Crippen LogP contribution in [0.2, 0.25) is 0 Å². The smallest absolute Gasteiger partial charge is 0.164 e. The maximum absolute atomic E-state index is 9.88. The van der Waals surface area contributed by atoms with Crippen LogP contribution in [0.3, 0.4) is 0 Å². The molecule has 0 fully saturated rings. The van der Waals surface area contributed by atoms with Gasteiger partial charge in [0.1, 0.15) is 5.75 Å². The Bertz CT molecular complexity index is 622. The second-order valence-electron chi connectivity index (χ2n) is 3.84. The Balaban J connectivity index is 2.39. The van der Waals surface area contributed by atoms with Crippen molar-refractivity contribution < 1.29 is 14.6 Å². The second kappa shape index (κ2) is 5.83. The van der Waals surface area contributed by atoms with Crippen molar-refractivity contribution in [3.05, 3.63) is 53.6 Å². The van der Waals surface area contributed by atoms with E-state index in [4.69, 9.17) is 9.47 Å². The number of hydrogen-bond acceptors (Lipinski definition) is 3. The zero-order chi connectivity index (χ0) is 13.7. The van der Waals surface area contributed by atoms with Gasteiger partial charge in [0.2, 0.25) is 0 Å². The highest BCUT2D eigenvalue weighted by Gasteiger charge is 2.08. The molecule has 2 rings (SSSR count). The minimum Gasteiger partial charge on any atom is -0.506 e. The fourth-order valence-electron chi connectivity index (χ4n) is 1.63. The number of benzene rings is 2. The molecule has 0 heterocycles. The molecule has 0 saturated heterocycles. The van der Waals surface area contributed by atoms with Crippen LogP contribution in [0, 0.1) is 11.8 Å². The van der Waals surface area contributed by atoms with E-state index in [1.54, 1.807) is 13.2 Å². The van der Waals surface area contributed by atoms with Crippen LogP contribution in [0.1, 0.15) is 11.1 Å². The molecule has 0 aliphatic carbocycles. The fourth-order valence-corrected chi connectivity index (χ4v) is 1.63. The Morgan fingerprint density at radius 1 is 0.895 bits per heavy atom. The van der Waals surface area contributed by atoms with Gasteiger partial charge in [-0.1, -0.05) is 30.0 Å². The van der Waals surface area contributed by atoms with E-state index in [1.807, 2.05) is 30.3 Å². The first kappa shape index (κ1) is 12.8. The van der Waals surface area contributed by atoms with E-state index in [9.17, 15) is 5.11 Å². The molecule has 1 N–H and O–H groups in total. The van der Waals surface area contributed by atoms with Gasteiger partial charge < -0.3 is 14.6 Å². The number of ether oxygens (including phenoxy) is 2. The van der Waals surface area contributed by atoms with Crippen LogP contribution in [0.4, 0.5) is 0 Å². The summed E-state index contributed by atoms with van der Waals surface area (Å²) in [6, 6.07) is 12.7. The van der Waals surface area contributed by atoms with E-state index in [0.29, 0.717) is 17.1 Å². The van der Waals surface area contributed by atoms with Gasteiger partial charge in [-0.3, -0.25) is 0 Å². The minimum absolute atomic E-state index is 0.0704. The predicted octanol–water partition coefficient (Wildman–Crippen LogP) is 2.81. The predicted molar refractivity (Wildman–Crippen MR) is 73.6 cm³/mol. The molecule has 0 bridgehead atoms. The topological polar surface area (TPSA) is 38.7 Å². The average molecular weight is 254 g/mol. The van der Waals surface area contributed by atoms with E-state index < -0.39 is 0 Å². The van der Waals surface area contributed by atoms with Crippen molar-refractivity contribution in [2.45, 2.75) is 0 Å². The van der Waals surface area contributed by atoms with Gasteiger partial charge in [0.25, 0.3) is 0 Å². The van der Waals surface area contributed by atoms with Crippen LogP contribution in [0.25, 0.3) is 0 Å². The lowest BCUT2D eigenvalue weighted by Gasteiger charge is -2.08. The summed E-state index contributed by atoms with van der Waals surface area (Å²) in [6.07, 6.45) is 0. The summed E-state index contributed by atoms with van der Waals surface area (Å²) in [6.45, 7) is 0. The number of hydrogen-bond donors (Lipinski definition) is 1. The third-order valence-electron chi connectivity index (χ3n) is 2.62. The Morgan fingerprint density at radius 3 is 2.16 bits per heavy atom. The summed E-state index contributed by atoms with van der Waals surface area (Å²) in [5.74, 6) is 6.99. The molecule has 2 aromatic carbocycles. The number of rotatable bonds is 2. The van der Waals surface area contributed by atoms with E-state index >= 15 is 0 Å². The molecule has 0 aromatic heterocycles. The molecule has 0 amide bonds. The molecule has 0 spiro atoms. The summed E-state index contributed by atoms with van der Waals surface area (Å²) in [5.41, 5.74) is 1.39. The van der Waals surface area contributed by atoms with Crippen LogP contribution in [-0.2, 0) is 0 Å². The van der Waals surface area contributed by atoms with E-state index in [0.717, 1.165) is 5.56 Å². The molecule has 0 unspecified atom stereocenters. The maximum Gasteiger partial charge on any atom is 0.164 e. The Morgan fingerprint density at radius 2 is 1.53 bits per heavy atom. The molecule has 0 saturated carbocycles. The summed E-state index contributed by atoms with van der Waals surface area (Å²) >= 11 is 0. The molecular formula is C16H14O3. The summed E-state index contributed by atoms with van der Waals surface area (Å²) in [5, 5.41) is 9.88. The third kappa shape index (κ3) is 2.99. The largest absolute Gasteiger partial charge is 0.506 e. The average Bonchev–Trinajstić information content (AvgIpc) is 2.46. The molecule has 0 aliphatic heterocycles. The first-order valence-corrected chi connectivity index (χ1v) is 5.76. The molecular weight excluding hydrogens is 240 g/mol. The molecule has 2 aromatic rings. The van der Waals surface area contributed by atoms with Crippen LogP contribution in [-0.4, -0.2) is 19.3 Å². The highest BCUT2D eigenvalue weighted by atomic mass is 16.5. The van der Waals surface area contributed by atoms with Crippen LogP contribution < -0.4 is 9.47 Å². The van der Waals surface area contributed by atoms with Crippen LogP contribution in [0.15, 0.2) is 42.5 Å². The molecule has 0 radical (unpaired) electrons.